The van der Waals surface area contributed by atoms with Crippen LogP contribution in [0.1, 0.15) is 31.1 Å². The highest BCUT2D eigenvalue weighted by atomic mass is 16.6. The van der Waals surface area contributed by atoms with E-state index in [4.69, 9.17) is 9.47 Å². The molecule has 3 aromatic carbocycles. The third-order valence-electron chi connectivity index (χ3n) is 3.74. The van der Waals surface area contributed by atoms with Gasteiger partial charge in [-0.05, 0) is 36.4 Å². The highest BCUT2D eigenvalue weighted by molar-refractivity contribution is 6.05. The summed E-state index contributed by atoms with van der Waals surface area (Å²) in [7, 11) is 0. The summed E-state index contributed by atoms with van der Waals surface area (Å²) in [5.74, 6) is -3.75. The largest absolute Gasteiger partial charge is 0.507 e. The second-order valence-electron chi connectivity index (χ2n) is 5.60. The Kier molecular flexibility index (Phi) is 5.36. The Balaban J connectivity index is 1.81. The molecule has 0 saturated heterocycles. The van der Waals surface area contributed by atoms with Gasteiger partial charge in [0.1, 0.15) is 33.9 Å². The van der Waals surface area contributed by atoms with E-state index in [9.17, 15) is 24.6 Å². The Hall–Kier alpha value is -4.13. The van der Waals surface area contributed by atoms with E-state index in [1.54, 1.807) is 12.1 Å². The number of carbonyl (C=O) groups is 3. The molecule has 0 unspecified atom stereocenters. The fourth-order valence-electron chi connectivity index (χ4n) is 2.37. The summed E-state index contributed by atoms with van der Waals surface area (Å²) in [6.45, 7) is 0. The molecule has 3 rings (SSSR count). The average Bonchev–Trinajstić information content (AvgIpc) is 2.68. The van der Waals surface area contributed by atoms with Crippen molar-refractivity contribution in [1.82, 2.24) is 0 Å². The van der Waals surface area contributed by atoms with Gasteiger partial charge in [0.05, 0.1) is 0 Å². The minimum Gasteiger partial charge on any atom is -0.507 e. The molecule has 3 aromatic rings. The van der Waals surface area contributed by atoms with Crippen LogP contribution in [-0.4, -0.2) is 28.1 Å². The van der Waals surface area contributed by atoms with Crippen molar-refractivity contribution in [1.29, 1.82) is 0 Å². The molecule has 0 saturated carbocycles. The SMILES string of the molecule is O=C(OC(=O)c1ccccc1OC(=O)c1ccccc1O)c1ccccc1O. The normalized spacial score (nSPS) is 10.1. The molecule has 0 aliphatic carbocycles. The van der Waals surface area contributed by atoms with Crippen molar-refractivity contribution in [2.24, 2.45) is 0 Å². The van der Waals surface area contributed by atoms with Gasteiger partial charge in [-0.3, -0.25) is 0 Å². The molecule has 0 aliphatic heterocycles. The van der Waals surface area contributed by atoms with Crippen molar-refractivity contribution in [3.63, 3.8) is 0 Å². The Morgan fingerprint density at radius 3 is 1.57 bits per heavy atom. The van der Waals surface area contributed by atoms with E-state index >= 15 is 0 Å². The minimum absolute atomic E-state index is 0.0871. The average molecular weight is 378 g/mol. The molecular formula is C21H14O7. The van der Waals surface area contributed by atoms with Crippen LogP contribution in [0.5, 0.6) is 17.2 Å². The Morgan fingerprint density at radius 1 is 0.571 bits per heavy atom. The molecule has 7 nitrogen and oxygen atoms in total. The van der Waals surface area contributed by atoms with Crippen LogP contribution in [0.4, 0.5) is 0 Å². The maximum Gasteiger partial charge on any atom is 0.349 e. The van der Waals surface area contributed by atoms with Crippen LogP contribution in [0.3, 0.4) is 0 Å². The van der Waals surface area contributed by atoms with E-state index in [0.717, 1.165) is 0 Å². The van der Waals surface area contributed by atoms with Gasteiger partial charge >= 0.3 is 17.9 Å². The number of hydrogen-bond acceptors (Lipinski definition) is 7. The molecule has 140 valence electrons. The number of benzene rings is 3. The first kappa shape index (κ1) is 18.7. The number of hydrogen-bond donors (Lipinski definition) is 2. The first-order valence-corrected chi connectivity index (χ1v) is 8.11. The van der Waals surface area contributed by atoms with Gasteiger partial charge in [0.25, 0.3) is 0 Å². The highest BCUT2D eigenvalue weighted by Gasteiger charge is 2.22. The molecule has 28 heavy (non-hydrogen) atoms. The van der Waals surface area contributed by atoms with Gasteiger partial charge in [-0.15, -0.1) is 0 Å². The lowest BCUT2D eigenvalue weighted by Crippen LogP contribution is -2.16. The van der Waals surface area contributed by atoms with Crippen molar-refractivity contribution < 1.29 is 34.1 Å². The molecule has 2 N–H and O–H groups in total. The molecule has 0 aromatic heterocycles. The van der Waals surface area contributed by atoms with Crippen molar-refractivity contribution in [2.45, 2.75) is 0 Å². The van der Waals surface area contributed by atoms with E-state index in [-0.39, 0.29) is 33.9 Å². The van der Waals surface area contributed by atoms with Crippen LogP contribution < -0.4 is 4.74 Å². The van der Waals surface area contributed by atoms with Crippen molar-refractivity contribution in [3.05, 3.63) is 89.5 Å². The third kappa shape index (κ3) is 3.99. The summed E-state index contributed by atoms with van der Waals surface area (Å²) in [6, 6.07) is 17.1. The van der Waals surface area contributed by atoms with Gasteiger partial charge in [-0.2, -0.15) is 0 Å². The fraction of sp³-hybridized carbons (Fsp3) is 0. The highest BCUT2D eigenvalue weighted by Crippen LogP contribution is 2.24. The zero-order chi connectivity index (χ0) is 20.1. The zero-order valence-electron chi connectivity index (χ0n) is 14.4. The van der Waals surface area contributed by atoms with E-state index in [2.05, 4.69) is 0 Å². The molecule has 7 heteroatoms. The van der Waals surface area contributed by atoms with Gasteiger partial charge in [-0.25, -0.2) is 14.4 Å². The lowest BCUT2D eigenvalue weighted by atomic mass is 10.2. The molecular weight excluding hydrogens is 364 g/mol. The van der Waals surface area contributed by atoms with Crippen molar-refractivity contribution in [2.75, 3.05) is 0 Å². The summed E-state index contributed by atoms with van der Waals surface area (Å²) in [4.78, 5) is 36.7. The van der Waals surface area contributed by atoms with Gasteiger partial charge in [0.2, 0.25) is 0 Å². The lowest BCUT2D eigenvalue weighted by molar-refractivity contribution is 0.0394. The number of phenolic OH excluding ortho intramolecular Hbond substituents is 2. The smallest absolute Gasteiger partial charge is 0.349 e. The van der Waals surface area contributed by atoms with Gasteiger partial charge in [-0.1, -0.05) is 36.4 Å². The Morgan fingerprint density at radius 2 is 1.00 bits per heavy atom. The summed E-state index contributed by atoms with van der Waals surface area (Å²) in [5.41, 5.74) is -0.439. The Labute approximate surface area is 159 Å². The van der Waals surface area contributed by atoms with E-state index in [0.29, 0.717) is 0 Å². The molecule has 0 amide bonds. The van der Waals surface area contributed by atoms with Crippen LogP contribution in [0, 0.1) is 0 Å². The summed E-state index contributed by atoms with van der Waals surface area (Å²) >= 11 is 0. The minimum atomic E-state index is -1.06. The molecule has 0 heterocycles. The van der Waals surface area contributed by atoms with Gasteiger partial charge < -0.3 is 19.7 Å². The van der Waals surface area contributed by atoms with E-state index in [1.807, 2.05) is 0 Å². The second-order valence-corrected chi connectivity index (χ2v) is 5.60. The molecule has 0 radical (unpaired) electrons. The molecule has 0 fully saturated rings. The summed E-state index contributed by atoms with van der Waals surface area (Å²) in [6.07, 6.45) is 0. The topological polar surface area (TPSA) is 110 Å². The number of esters is 3. The molecule has 0 spiro atoms. The number of ether oxygens (including phenoxy) is 2. The number of carbonyl (C=O) groups excluding carboxylic acids is 3. The van der Waals surface area contributed by atoms with E-state index in [1.165, 1.54) is 60.7 Å². The number of rotatable bonds is 4. The first-order valence-electron chi connectivity index (χ1n) is 8.11. The number of phenols is 2. The zero-order valence-corrected chi connectivity index (χ0v) is 14.4. The van der Waals surface area contributed by atoms with Crippen molar-refractivity contribution >= 4 is 17.9 Å². The lowest BCUT2D eigenvalue weighted by Gasteiger charge is -2.10. The third-order valence-corrected chi connectivity index (χ3v) is 3.74. The maximum atomic E-state index is 12.4. The standard InChI is InChI=1S/C21H14O7/c22-16-10-4-1-7-13(16)19(24)27-18-12-6-3-9-15(18)21(26)28-20(25)14-8-2-5-11-17(14)23/h1-12,22-23H. The fourth-order valence-corrected chi connectivity index (χ4v) is 2.37. The van der Waals surface area contributed by atoms with Crippen LogP contribution >= 0.6 is 0 Å². The van der Waals surface area contributed by atoms with E-state index < -0.39 is 17.9 Å². The van der Waals surface area contributed by atoms with Crippen molar-refractivity contribution in [3.8, 4) is 17.2 Å². The van der Waals surface area contributed by atoms with Crippen LogP contribution in [-0.2, 0) is 4.74 Å². The summed E-state index contributed by atoms with van der Waals surface area (Å²) < 4.78 is 9.96. The van der Waals surface area contributed by atoms with Crippen LogP contribution in [0.15, 0.2) is 72.8 Å². The number of aromatic hydroxyl groups is 2. The molecule has 0 atom stereocenters. The van der Waals surface area contributed by atoms with Crippen LogP contribution in [0.2, 0.25) is 0 Å². The number of para-hydroxylation sites is 3. The maximum absolute atomic E-state index is 12.4. The molecule has 0 bridgehead atoms. The Bertz CT molecular complexity index is 1060. The predicted octanol–water partition coefficient (Wildman–Crippen LogP) is 3.31. The first-order chi connectivity index (χ1) is 13.5. The predicted molar refractivity (Wildman–Crippen MR) is 97.4 cm³/mol. The monoisotopic (exact) mass is 378 g/mol. The van der Waals surface area contributed by atoms with Crippen LogP contribution in [0.25, 0.3) is 0 Å². The summed E-state index contributed by atoms with van der Waals surface area (Å²) in [5, 5.41) is 19.4. The molecule has 0 aliphatic rings. The van der Waals surface area contributed by atoms with Gasteiger partial charge in [0, 0.05) is 0 Å². The quantitative estimate of drug-likeness (QED) is 0.407. The van der Waals surface area contributed by atoms with Gasteiger partial charge in [0.15, 0.2) is 0 Å². The second kappa shape index (κ2) is 8.05.